The van der Waals surface area contributed by atoms with E-state index < -0.39 is 5.60 Å². The van der Waals surface area contributed by atoms with Crippen LogP contribution in [0.25, 0.3) is 0 Å². The highest BCUT2D eigenvalue weighted by Gasteiger charge is 2.36. The summed E-state index contributed by atoms with van der Waals surface area (Å²) < 4.78 is 1.80. The van der Waals surface area contributed by atoms with Gasteiger partial charge in [0.2, 0.25) is 0 Å². The van der Waals surface area contributed by atoms with Gasteiger partial charge in [-0.05, 0) is 25.8 Å². The Morgan fingerprint density at radius 3 is 2.80 bits per heavy atom. The second-order valence-electron chi connectivity index (χ2n) is 4.10. The van der Waals surface area contributed by atoms with Crippen molar-refractivity contribution in [3.8, 4) is 0 Å². The number of rotatable bonds is 2. The smallest absolute Gasteiger partial charge is 0.133 e. The standard InChI is InChI=1S/C11H16N2O2/c1-2-13-10(5-8-12-13)11(15)6-3-9(14)4-7-11/h5,8,15H,2-4,6-7H2,1H3. The molecule has 15 heavy (non-hydrogen) atoms. The van der Waals surface area contributed by atoms with Crippen LogP contribution in [-0.2, 0) is 16.9 Å². The van der Waals surface area contributed by atoms with Gasteiger partial charge in [0.05, 0.1) is 5.69 Å². The van der Waals surface area contributed by atoms with Crippen molar-refractivity contribution < 1.29 is 9.90 Å². The Balaban J connectivity index is 2.25. The second kappa shape index (κ2) is 3.77. The molecule has 0 aromatic carbocycles. The van der Waals surface area contributed by atoms with Crippen molar-refractivity contribution in [1.82, 2.24) is 9.78 Å². The molecule has 1 fully saturated rings. The molecule has 1 aromatic heterocycles. The maximum Gasteiger partial charge on any atom is 0.133 e. The molecule has 1 N–H and O–H groups in total. The molecule has 0 spiro atoms. The lowest BCUT2D eigenvalue weighted by Gasteiger charge is -2.31. The van der Waals surface area contributed by atoms with Gasteiger partial charge in [0.1, 0.15) is 11.4 Å². The van der Waals surface area contributed by atoms with Crippen LogP contribution in [0, 0.1) is 0 Å². The molecule has 1 aliphatic carbocycles. The van der Waals surface area contributed by atoms with Crippen molar-refractivity contribution in [3.05, 3.63) is 18.0 Å². The van der Waals surface area contributed by atoms with Crippen LogP contribution < -0.4 is 0 Å². The Bertz CT molecular complexity index is 360. The van der Waals surface area contributed by atoms with E-state index in [0.717, 1.165) is 12.2 Å². The summed E-state index contributed by atoms with van der Waals surface area (Å²) in [7, 11) is 0. The molecule has 2 rings (SSSR count). The Hall–Kier alpha value is -1.16. The second-order valence-corrected chi connectivity index (χ2v) is 4.10. The van der Waals surface area contributed by atoms with Crippen LogP contribution in [0.15, 0.2) is 12.3 Å². The average molecular weight is 208 g/mol. The average Bonchev–Trinajstić information content (AvgIpc) is 2.71. The van der Waals surface area contributed by atoms with E-state index >= 15 is 0 Å². The molecule has 82 valence electrons. The SMILES string of the molecule is CCn1nccc1C1(O)CCC(=O)CC1. The zero-order valence-corrected chi connectivity index (χ0v) is 8.94. The van der Waals surface area contributed by atoms with Crippen molar-refractivity contribution in [2.24, 2.45) is 0 Å². The summed E-state index contributed by atoms with van der Waals surface area (Å²) in [5, 5.41) is 14.6. The fourth-order valence-electron chi connectivity index (χ4n) is 2.18. The number of ketones is 1. The van der Waals surface area contributed by atoms with E-state index in [0.29, 0.717) is 25.7 Å². The van der Waals surface area contributed by atoms with Gasteiger partial charge in [-0.15, -0.1) is 0 Å². The molecule has 0 radical (unpaired) electrons. The predicted molar refractivity (Wildman–Crippen MR) is 55.3 cm³/mol. The van der Waals surface area contributed by atoms with Crippen molar-refractivity contribution in [2.45, 2.75) is 44.8 Å². The fraction of sp³-hybridized carbons (Fsp3) is 0.636. The number of carbonyl (C=O) groups is 1. The first-order valence-corrected chi connectivity index (χ1v) is 5.42. The first-order valence-electron chi connectivity index (χ1n) is 5.42. The molecule has 1 aromatic rings. The summed E-state index contributed by atoms with van der Waals surface area (Å²) in [6, 6.07) is 1.85. The number of nitrogens with zero attached hydrogens (tertiary/aromatic N) is 2. The molecule has 1 heterocycles. The Morgan fingerprint density at radius 2 is 2.20 bits per heavy atom. The third-order valence-corrected chi connectivity index (χ3v) is 3.13. The Labute approximate surface area is 88.9 Å². The monoisotopic (exact) mass is 208 g/mol. The van der Waals surface area contributed by atoms with E-state index in [1.54, 1.807) is 10.9 Å². The van der Waals surface area contributed by atoms with Crippen LogP contribution in [0.5, 0.6) is 0 Å². The summed E-state index contributed by atoms with van der Waals surface area (Å²) >= 11 is 0. The van der Waals surface area contributed by atoms with E-state index in [-0.39, 0.29) is 5.78 Å². The van der Waals surface area contributed by atoms with E-state index in [2.05, 4.69) is 5.10 Å². The number of aryl methyl sites for hydroxylation is 1. The zero-order valence-electron chi connectivity index (χ0n) is 8.94. The Morgan fingerprint density at radius 1 is 1.53 bits per heavy atom. The Kier molecular flexibility index (Phi) is 2.61. The lowest BCUT2D eigenvalue weighted by molar-refractivity contribution is -0.126. The van der Waals surface area contributed by atoms with Gasteiger partial charge in [-0.3, -0.25) is 9.48 Å². The van der Waals surface area contributed by atoms with Gasteiger partial charge >= 0.3 is 0 Å². The van der Waals surface area contributed by atoms with Crippen LogP contribution in [0.1, 0.15) is 38.3 Å². The predicted octanol–water partition coefficient (Wildman–Crippen LogP) is 1.23. The van der Waals surface area contributed by atoms with E-state index in [9.17, 15) is 9.90 Å². The molecule has 4 nitrogen and oxygen atoms in total. The minimum absolute atomic E-state index is 0.252. The summed E-state index contributed by atoms with van der Waals surface area (Å²) in [5.41, 5.74) is -0.00190. The zero-order chi connectivity index (χ0) is 10.9. The minimum atomic E-state index is -0.847. The van der Waals surface area contributed by atoms with E-state index in [1.807, 2.05) is 13.0 Å². The maximum absolute atomic E-state index is 11.1. The van der Waals surface area contributed by atoms with Gasteiger partial charge in [0.25, 0.3) is 0 Å². The van der Waals surface area contributed by atoms with Crippen LogP contribution >= 0.6 is 0 Å². The van der Waals surface area contributed by atoms with Crippen molar-refractivity contribution >= 4 is 5.78 Å². The third-order valence-electron chi connectivity index (χ3n) is 3.13. The highest BCUT2D eigenvalue weighted by Crippen LogP contribution is 2.35. The van der Waals surface area contributed by atoms with Crippen molar-refractivity contribution in [1.29, 1.82) is 0 Å². The van der Waals surface area contributed by atoms with Gasteiger partial charge < -0.3 is 5.11 Å². The highest BCUT2D eigenvalue weighted by atomic mass is 16.3. The molecule has 1 aliphatic rings. The number of aromatic nitrogens is 2. The normalized spacial score (nSPS) is 20.5. The van der Waals surface area contributed by atoms with Crippen molar-refractivity contribution in [3.63, 3.8) is 0 Å². The molecule has 0 unspecified atom stereocenters. The summed E-state index contributed by atoms with van der Waals surface area (Å²) in [5.74, 6) is 0.252. The summed E-state index contributed by atoms with van der Waals surface area (Å²) in [6.07, 6.45) is 3.71. The van der Waals surface area contributed by atoms with E-state index in [4.69, 9.17) is 0 Å². The number of hydrogen-bond acceptors (Lipinski definition) is 3. The number of Topliss-reactive ketones (excluding diaryl/α,β-unsaturated/α-hetero) is 1. The molecule has 0 bridgehead atoms. The molecule has 4 heteroatoms. The van der Waals surface area contributed by atoms with Gasteiger partial charge in [0.15, 0.2) is 0 Å². The van der Waals surface area contributed by atoms with Crippen molar-refractivity contribution in [2.75, 3.05) is 0 Å². The fourth-order valence-corrected chi connectivity index (χ4v) is 2.18. The highest BCUT2D eigenvalue weighted by molar-refractivity contribution is 5.79. The minimum Gasteiger partial charge on any atom is -0.384 e. The van der Waals surface area contributed by atoms with Gasteiger partial charge in [0, 0.05) is 25.6 Å². The largest absolute Gasteiger partial charge is 0.384 e. The molecule has 0 aliphatic heterocycles. The number of carbonyl (C=O) groups excluding carboxylic acids is 1. The van der Waals surface area contributed by atoms with Gasteiger partial charge in [-0.25, -0.2) is 0 Å². The molecule has 1 saturated carbocycles. The van der Waals surface area contributed by atoms with Crippen LogP contribution in [0.4, 0.5) is 0 Å². The maximum atomic E-state index is 11.1. The molecule has 0 amide bonds. The third kappa shape index (κ3) is 1.81. The summed E-state index contributed by atoms with van der Waals surface area (Å²) in [6.45, 7) is 2.74. The number of hydrogen-bond donors (Lipinski definition) is 1. The first-order chi connectivity index (χ1) is 7.15. The first kappa shape index (κ1) is 10.4. The lowest BCUT2D eigenvalue weighted by atomic mass is 9.82. The van der Waals surface area contributed by atoms with Gasteiger partial charge in [-0.2, -0.15) is 5.10 Å². The number of aliphatic hydroxyl groups is 1. The van der Waals surface area contributed by atoms with Gasteiger partial charge in [-0.1, -0.05) is 0 Å². The quantitative estimate of drug-likeness (QED) is 0.795. The van der Waals surface area contributed by atoms with Crippen LogP contribution in [-0.4, -0.2) is 20.7 Å². The van der Waals surface area contributed by atoms with Crippen LogP contribution in [0.3, 0.4) is 0 Å². The van der Waals surface area contributed by atoms with E-state index in [1.165, 1.54) is 0 Å². The molecular formula is C11H16N2O2. The lowest BCUT2D eigenvalue weighted by Crippen LogP contribution is -2.34. The molecule has 0 saturated heterocycles. The van der Waals surface area contributed by atoms with Crippen LogP contribution in [0.2, 0.25) is 0 Å². The summed E-state index contributed by atoms with van der Waals surface area (Å²) in [4.78, 5) is 11.1. The topological polar surface area (TPSA) is 55.1 Å². The molecule has 0 atom stereocenters. The molecular weight excluding hydrogens is 192 g/mol.